The molecule has 0 unspecified atom stereocenters. The number of allylic oxidation sites excluding steroid dienone is 1. The van der Waals surface area contributed by atoms with E-state index in [4.69, 9.17) is 34.8 Å². The van der Waals surface area contributed by atoms with E-state index in [0.717, 1.165) is 22.7 Å². The molecule has 0 spiro atoms. The average Bonchev–Trinajstić information content (AvgIpc) is 3.14. The van der Waals surface area contributed by atoms with Crippen molar-refractivity contribution < 1.29 is 4.79 Å². The van der Waals surface area contributed by atoms with Crippen LogP contribution >= 0.6 is 58.3 Å². The minimum absolute atomic E-state index is 0.135. The highest BCUT2D eigenvalue weighted by atomic mass is 35.5. The summed E-state index contributed by atoms with van der Waals surface area (Å²) in [5.74, 6) is 2.32. The van der Waals surface area contributed by atoms with Gasteiger partial charge in [-0.05, 0) is 42.3 Å². The first-order valence-electron chi connectivity index (χ1n) is 9.61. The summed E-state index contributed by atoms with van der Waals surface area (Å²) in [6, 6.07) is 11.0. The summed E-state index contributed by atoms with van der Waals surface area (Å²) in [5.41, 5.74) is 2.63. The molecule has 0 saturated carbocycles. The number of halogens is 3. The Morgan fingerprint density at radius 3 is 2.69 bits per heavy atom. The molecule has 0 bridgehead atoms. The van der Waals surface area contributed by atoms with Gasteiger partial charge in [0.2, 0.25) is 5.91 Å². The standard InChI is InChI=1S/C22H21Cl3N4OS2/c1-3-9-29-20(12-31-11-15-7-8-17(24)18(25)10-15)27-28-22(29)32-13-21(30)26-19-6-4-5-16(23)14(19)2/h3-8,10H,1,9,11-13H2,2H3,(H,26,30). The number of hydrogen-bond donors (Lipinski definition) is 1. The summed E-state index contributed by atoms with van der Waals surface area (Å²) < 4.78 is 1.97. The van der Waals surface area contributed by atoms with E-state index in [-0.39, 0.29) is 11.7 Å². The van der Waals surface area contributed by atoms with Gasteiger partial charge in [0.25, 0.3) is 0 Å². The summed E-state index contributed by atoms with van der Waals surface area (Å²) >= 11 is 21.2. The predicted molar refractivity (Wildman–Crippen MR) is 137 cm³/mol. The number of carbonyl (C=O) groups excluding carboxylic acids is 1. The van der Waals surface area contributed by atoms with Crippen LogP contribution in [0.1, 0.15) is 17.0 Å². The van der Waals surface area contributed by atoms with Crippen molar-refractivity contribution in [2.75, 3.05) is 11.1 Å². The molecule has 10 heteroatoms. The number of nitrogens with zero attached hydrogens (tertiary/aromatic N) is 3. The van der Waals surface area contributed by atoms with Gasteiger partial charge in [0, 0.05) is 23.0 Å². The van der Waals surface area contributed by atoms with Crippen molar-refractivity contribution in [2.24, 2.45) is 0 Å². The van der Waals surface area contributed by atoms with Gasteiger partial charge in [-0.2, -0.15) is 0 Å². The zero-order valence-electron chi connectivity index (χ0n) is 17.3. The molecule has 2 aromatic carbocycles. The van der Waals surface area contributed by atoms with Crippen molar-refractivity contribution in [2.45, 2.75) is 30.1 Å². The molecule has 1 amide bonds. The first-order chi connectivity index (χ1) is 15.4. The second kappa shape index (κ2) is 12.0. The zero-order chi connectivity index (χ0) is 23.1. The van der Waals surface area contributed by atoms with Gasteiger partial charge in [0.1, 0.15) is 5.82 Å². The lowest BCUT2D eigenvalue weighted by Gasteiger charge is -2.10. The fourth-order valence-electron chi connectivity index (χ4n) is 2.79. The number of thioether (sulfide) groups is 2. The average molecular weight is 528 g/mol. The maximum atomic E-state index is 12.4. The molecular weight excluding hydrogens is 507 g/mol. The molecule has 0 saturated heterocycles. The van der Waals surface area contributed by atoms with E-state index >= 15 is 0 Å². The smallest absolute Gasteiger partial charge is 0.234 e. The van der Waals surface area contributed by atoms with Gasteiger partial charge in [-0.25, -0.2) is 0 Å². The van der Waals surface area contributed by atoms with Crippen LogP contribution < -0.4 is 5.32 Å². The summed E-state index contributed by atoms with van der Waals surface area (Å²) in [5, 5.41) is 13.9. The van der Waals surface area contributed by atoms with Crippen LogP contribution in [0.5, 0.6) is 0 Å². The molecule has 1 aromatic heterocycles. The molecule has 0 aliphatic rings. The second-order valence-corrected chi connectivity index (χ2v) is 9.94. The van der Waals surface area contributed by atoms with Gasteiger partial charge in [-0.1, -0.05) is 64.8 Å². The van der Waals surface area contributed by atoms with Crippen molar-refractivity contribution in [1.82, 2.24) is 14.8 Å². The molecule has 0 atom stereocenters. The fourth-order valence-corrected chi connectivity index (χ4v) is 4.97. The largest absolute Gasteiger partial charge is 0.325 e. The Kier molecular flexibility index (Phi) is 9.37. The van der Waals surface area contributed by atoms with E-state index in [1.807, 2.05) is 29.7 Å². The Morgan fingerprint density at radius 1 is 1.12 bits per heavy atom. The quantitative estimate of drug-likeness (QED) is 0.230. The van der Waals surface area contributed by atoms with Crippen molar-refractivity contribution in [3.63, 3.8) is 0 Å². The van der Waals surface area contributed by atoms with Crippen LogP contribution in [0.2, 0.25) is 15.1 Å². The summed E-state index contributed by atoms with van der Waals surface area (Å²) in [6.07, 6.45) is 1.79. The van der Waals surface area contributed by atoms with Gasteiger partial charge in [-0.3, -0.25) is 4.79 Å². The topological polar surface area (TPSA) is 59.8 Å². The molecule has 3 aromatic rings. The van der Waals surface area contributed by atoms with Crippen LogP contribution in [0, 0.1) is 6.92 Å². The lowest BCUT2D eigenvalue weighted by Crippen LogP contribution is -2.15. The molecule has 168 valence electrons. The maximum absolute atomic E-state index is 12.4. The Bertz CT molecular complexity index is 1120. The van der Waals surface area contributed by atoms with Crippen molar-refractivity contribution in [1.29, 1.82) is 0 Å². The van der Waals surface area contributed by atoms with E-state index in [1.54, 1.807) is 36.0 Å². The third-order valence-electron chi connectivity index (χ3n) is 4.46. The van der Waals surface area contributed by atoms with Crippen molar-refractivity contribution in [3.05, 3.63) is 81.1 Å². The molecule has 0 aliphatic heterocycles. The fraction of sp³-hybridized carbons (Fsp3) is 0.227. The number of hydrogen-bond acceptors (Lipinski definition) is 5. The highest BCUT2D eigenvalue weighted by Gasteiger charge is 2.14. The highest BCUT2D eigenvalue weighted by molar-refractivity contribution is 7.99. The Labute approximate surface area is 210 Å². The van der Waals surface area contributed by atoms with Crippen LogP contribution in [-0.2, 0) is 22.8 Å². The van der Waals surface area contributed by atoms with E-state index in [9.17, 15) is 4.79 Å². The van der Waals surface area contributed by atoms with Crippen LogP contribution in [0.4, 0.5) is 5.69 Å². The van der Waals surface area contributed by atoms with E-state index in [2.05, 4.69) is 22.1 Å². The molecule has 0 fully saturated rings. The lowest BCUT2D eigenvalue weighted by atomic mass is 10.2. The van der Waals surface area contributed by atoms with Crippen molar-refractivity contribution in [3.8, 4) is 0 Å². The number of nitrogens with one attached hydrogen (secondary N) is 1. The van der Waals surface area contributed by atoms with Crippen molar-refractivity contribution >= 4 is 69.9 Å². The molecule has 32 heavy (non-hydrogen) atoms. The highest BCUT2D eigenvalue weighted by Crippen LogP contribution is 2.27. The number of anilines is 1. The summed E-state index contributed by atoms with van der Waals surface area (Å²) in [6.45, 7) is 6.25. The molecule has 1 N–H and O–H groups in total. The van der Waals surface area contributed by atoms with Gasteiger partial charge in [-0.15, -0.1) is 28.5 Å². The predicted octanol–water partition coefficient (Wildman–Crippen LogP) is 6.90. The Balaban J connectivity index is 1.58. The first kappa shape index (κ1) is 25.0. The molecule has 5 nitrogen and oxygen atoms in total. The number of aromatic nitrogens is 3. The van der Waals surface area contributed by atoms with Gasteiger partial charge in [0.15, 0.2) is 5.16 Å². The lowest BCUT2D eigenvalue weighted by molar-refractivity contribution is -0.113. The van der Waals surface area contributed by atoms with Gasteiger partial charge < -0.3 is 9.88 Å². The molecule has 0 aliphatic carbocycles. The summed E-state index contributed by atoms with van der Waals surface area (Å²) in [7, 11) is 0. The zero-order valence-corrected chi connectivity index (χ0v) is 21.2. The third kappa shape index (κ3) is 6.68. The van der Waals surface area contributed by atoms with E-state index in [1.165, 1.54) is 11.8 Å². The number of carbonyl (C=O) groups is 1. The van der Waals surface area contributed by atoms with Gasteiger partial charge >= 0.3 is 0 Å². The van der Waals surface area contributed by atoms with Crippen LogP contribution in [-0.4, -0.2) is 26.4 Å². The molecule has 3 rings (SSSR count). The second-order valence-electron chi connectivity index (χ2n) is 6.79. The molecule has 1 heterocycles. The number of amides is 1. The minimum atomic E-state index is -0.135. The molecule has 0 radical (unpaired) electrons. The van der Waals surface area contributed by atoms with E-state index < -0.39 is 0 Å². The first-order valence-corrected chi connectivity index (χ1v) is 12.9. The maximum Gasteiger partial charge on any atom is 0.234 e. The minimum Gasteiger partial charge on any atom is -0.325 e. The number of benzene rings is 2. The van der Waals surface area contributed by atoms with Crippen LogP contribution in [0.15, 0.2) is 54.2 Å². The monoisotopic (exact) mass is 526 g/mol. The third-order valence-corrected chi connectivity index (χ3v) is 7.58. The normalized spacial score (nSPS) is 10.9. The Hall–Kier alpha value is -1.64. The molecular formula is C22H21Cl3N4OS2. The van der Waals surface area contributed by atoms with Crippen LogP contribution in [0.25, 0.3) is 0 Å². The summed E-state index contributed by atoms with van der Waals surface area (Å²) in [4.78, 5) is 12.4. The number of rotatable bonds is 10. The van der Waals surface area contributed by atoms with E-state index in [0.29, 0.717) is 38.2 Å². The SMILES string of the molecule is C=CCn1c(CSCc2ccc(Cl)c(Cl)c2)nnc1SCC(=O)Nc1cccc(Cl)c1C. The van der Waals surface area contributed by atoms with Crippen LogP contribution in [0.3, 0.4) is 0 Å². The van der Waals surface area contributed by atoms with Gasteiger partial charge in [0.05, 0.1) is 21.6 Å². The Morgan fingerprint density at radius 2 is 1.94 bits per heavy atom.